The van der Waals surface area contributed by atoms with E-state index in [1.54, 1.807) is 4.40 Å². The normalized spacial score (nSPS) is 10.7. The number of hydrogen-bond acceptors (Lipinski definition) is 2. The number of imidazole rings is 1. The lowest BCUT2D eigenvalue weighted by molar-refractivity contribution is 0.0994. The molecule has 0 aromatic carbocycles. The Morgan fingerprint density at radius 1 is 1.43 bits per heavy atom. The van der Waals surface area contributed by atoms with Gasteiger partial charge in [-0.05, 0) is 25.5 Å². The van der Waals surface area contributed by atoms with Gasteiger partial charge in [-0.2, -0.15) is 0 Å². The molecule has 2 aromatic heterocycles. The number of rotatable bonds is 1. The molecule has 0 radical (unpaired) electrons. The first-order valence-corrected chi connectivity index (χ1v) is 4.34. The van der Waals surface area contributed by atoms with E-state index in [-0.39, 0.29) is 0 Å². The minimum atomic E-state index is -0.453. The standard InChI is InChI=1S/C10H11N3O/c1-6-3-4-7(2)13-8(9(11)14)5-12-10(6)13/h3-5H,1-2H3,(H2,11,14). The Morgan fingerprint density at radius 3 is 2.79 bits per heavy atom. The Morgan fingerprint density at radius 2 is 2.14 bits per heavy atom. The zero-order valence-corrected chi connectivity index (χ0v) is 8.11. The molecule has 72 valence electrons. The zero-order chi connectivity index (χ0) is 10.3. The Balaban J connectivity index is 2.90. The Labute approximate surface area is 81.4 Å². The number of carbonyl (C=O) groups excluding carboxylic acids is 1. The van der Waals surface area contributed by atoms with Gasteiger partial charge in [-0.25, -0.2) is 4.98 Å². The van der Waals surface area contributed by atoms with Crippen LogP contribution in [0, 0.1) is 13.8 Å². The van der Waals surface area contributed by atoms with Crippen LogP contribution in [-0.4, -0.2) is 15.3 Å². The molecule has 0 aliphatic carbocycles. The summed E-state index contributed by atoms with van der Waals surface area (Å²) >= 11 is 0. The fourth-order valence-electron chi connectivity index (χ4n) is 1.56. The van der Waals surface area contributed by atoms with Crippen molar-refractivity contribution in [2.24, 2.45) is 5.73 Å². The summed E-state index contributed by atoms with van der Waals surface area (Å²) < 4.78 is 1.78. The number of fused-ring (bicyclic) bond motifs is 1. The van der Waals surface area contributed by atoms with Gasteiger partial charge in [0.05, 0.1) is 6.20 Å². The number of pyridine rings is 1. The highest BCUT2D eigenvalue weighted by Crippen LogP contribution is 2.13. The maximum atomic E-state index is 11.1. The number of aryl methyl sites for hydroxylation is 2. The van der Waals surface area contributed by atoms with E-state index in [2.05, 4.69) is 4.98 Å². The highest BCUT2D eigenvalue weighted by atomic mass is 16.1. The van der Waals surface area contributed by atoms with Crippen LogP contribution in [0.2, 0.25) is 0 Å². The van der Waals surface area contributed by atoms with E-state index in [1.165, 1.54) is 6.20 Å². The second-order valence-corrected chi connectivity index (χ2v) is 3.32. The zero-order valence-electron chi connectivity index (χ0n) is 8.11. The van der Waals surface area contributed by atoms with Gasteiger partial charge in [0.2, 0.25) is 0 Å². The van der Waals surface area contributed by atoms with Crippen molar-refractivity contribution in [2.45, 2.75) is 13.8 Å². The molecule has 0 fully saturated rings. The summed E-state index contributed by atoms with van der Waals surface area (Å²) in [5.41, 5.74) is 8.45. The third-order valence-corrected chi connectivity index (χ3v) is 2.29. The number of primary amides is 1. The molecule has 0 saturated heterocycles. The summed E-state index contributed by atoms with van der Waals surface area (Å²) in [4.78, 5) is 15.3. The predicted molar refractivity (Wildman–Crippen MR) is 53.2 cm³/mol. The van der Waals surface area contributed by atoms with Gasteiger partial charge in [0.1, 0.15) is 11.3 Å². The van der Waals surface area contributed by atoms with Crippen LogP contribution in [0.4, 0.5) is 0 Å². The van der Waals surface area contributed by atoms with Gasteiger partial charge in [0, 0.05) is 5.69 Å². The molecule has 2 rings (SSSR count). The first-order chi connectivity index (χ1) is 6.61. The third-order valence-electron chi connectivity index (χ3n) is 2.29. The average molecular weight is 189 g/mol. The van der Waals surface area contributed by atoms with Crippen LogP contribution in [-0.2, 0) is 0 Å². The maximum Gasteiger partial charge on any atom is 0.267 e. The SMILES string of the molecule is Cc1ccc(C)n2c(C(N)=O)cnc12. The Hall–Kier alpha value is -1.84. The number of carbonyl (C=O) groups is 1. The largest absolute Gasteiger partial charge is 0.364 e. The lowest BCUT2D eigenvalue weighted by Gasteiger charge is -2.04. The number of amides is 1. The third kappa shape index (κ3) is 1.08. The van der Waals surface area contributed by atoms with Crippen molar-refractivity contribution in [1.29, 1.82) is 0 Å². The lowest BCUT2D eigenvalue weighted by atomic mass is 10.2. The van der Waals surface area contributed by atoms with Crippen molar-refractivity contribution in [2.75, 3.05) is 0 Å². The molecule has 2 heterocycles. The van der Waals surface area contributed by atoms with E-state index >= 15 is 0 Å². The van der Waals surface area contributed by atoms with Crippen LogP contribution in [0.3, 0.4) is 0 Å². The van der Waals surface area contributed by atoms with Gasteiger partial charge in [0.15, 0.2) is 0 Å². The summed E-state index contributed by atoms with van der Waals surface area (Å²) in [6.07, 6.45) is 1.51. The Bertz CT molecular complexity index is 513. The highest BCUT2D eigenvalue weighted by Gasteiger charge is 2.11. The van der Waals surface area contributed by atoms with Gasteiger partial charge in [-0.15, -0.1) is 0 Å². The molecule has 0 aliphatic heterocycles. The van der Waals surface area contributed by atoms with E-state index in [9.17, 15) is 4.79 Å². The second kappa shape index (κ2) is 2.83. The first-order valence-electron chi connectivity index (χ1n) is 4.34. The maximum absolute atomic E-state index is 11.1. The van der Waals surface area contributed by atoms with Gasteiger partial charge in [-0.3, -0.25) is 9.20 Å². The van der Waals surface area contributed by atoms with E-state index in [4.69, 9.17) is 5.73 Å². The summed E-state index contributed by atoms with van der Waals surface area (Å²) in [7, 11) is 0. The van der Waals surface area contributed by atoms with Crippen molar-refractivity contribution in [1.82, 2.24) is 9.38 Å². The number of nitrogens with zero attached hydrogens (tertiary/aromatic N) is 2. The highest BCUT2D eigenvalue weighted by molar-refractivity contribution is 5.92. The smallest absolute Gasteiger partial charge is 0.267 e. The molecule has 4 heteroatoms. The molecule has 2 N–H and O–H groups in total. The molecule has 0 atom stereocenters. The fraction of sp³-hybridized carbons (Fsp3) is 0.200. The van der Waals surface area contributed by atoms with E-state index < -0.39 is 5.91 Å². The van der Waals surface area contributed by atoms with Crippen molar-refractivity contribution in [3.63, 3.8) is 0 Å². The fourth-order valence-corrected chi connectivity index (χ4v) is 1.56. The molecule has 0 bridgehead atoms. The first kappa shape index (κ1) is 8.74. The topological polar surface area (TPSA) is 60.4 Å². The summed E-state index contributed by atoms with van der Waals surface area (Å²) in [6.45, 7) is 3.87. The van der Waals surface area contributed by atoms with Gasteiger partial charge in [0.25, 0.3) is 5.91 Å². The average Bonchev–Trinajstić information content (AvgIpc) is 2.56. The molecular formula is C10H11N3O. The predicted octanol–water partition coefficient (Wildman–Crippen LogP) is 1.05. The number of aromatic nitrogens is 2. The molecule has 4 nitrogen and oxygen atoms in total. The molecule has 0 spiro atoms. The molecule has 14 heavy (non-hydrogen) atoms. The summed E-state index contributed by atoms with van der Waals surface area (Å²) in [6, 6.07) is 3.92. The van der Waals surface area contributed by atoms with Gasteiger partial charge in [-0.1, -0.05) is 6.07 Å². The van der Waals surface area contributed by atoms with Crippen LogP contribution >= 0.6 is 0 Å². The number of nitrogens with two attached hydrogens (primary N) is 1. The molecule has 0 aliphatic rings. The molecule has 2 aromatic rings. The van der Waals surface area contributed by atoms with Crippen molar-refractivity contribution in [3.05, 3.63) is 35.3 Å². The minimum absolute atomic E-state index is 0.432. The lowest BCUT2D eigenvalue weighted by Crippen LogP contribution is -2.14. The van der Waals surface area contributed by atoms with E-state index in [0.29, 0.717) is 5.69 Å². The van der Waals surface area contributed by atoms with Crippen molar-refractivity contribution in [3.8, 4) is 0 Å². The molecule has 1 amide bonds. The van der Waals surface area contributed by atoms with E-state index in [1.807, 2.05) is 26.0 Å². The molecule has 0 unspecified atom stereocenters. The summed E-state index contributed by atoms with van der Waals surface area (Å²) in [5.74, 6) is -0.453. The van der Waals surface area contributed by atoms with Crippen LogP contribution < -0.4 is 5.73 Å². The second-order valence-electron chi connectivity index (χ2n) is 3.32. The monoisotopic (exact) mass is 189 g/mol. The van der Waals surface area contributed by atoms with Crippen LogP contribution in [0.1, 0.15) is 21.7 Å². The Kier molecular flexibility index (Phi) is 1.77. The van der Waals surface area contributed by atoms with Crippen molar-refractivity contribution >= 4 is 11.6 Å². The number of hydrogen-bond donors (Lipinski definition) is 1. The molecular weight excluding hydrogens is 178 g/mol. The minimum Gasteiger partial charge on any atom is -0.364 e. The summed E-state index contributed by atoms with van der Waals surface area (Å²) in [5, 5.41) is 0. The van der Waals surface area contributed by atoms with Crippen LogP contribution in [0.5, 0.6) is 0 Å². The quantitative estimate of drug-likeness (QED) is 0.728. The van der Waals surface area contributed by atoms with E-state index in [0.717, 1.165) is 16.9 Å². The van der Waals surface area contributed by atoms with Crippen molar-refractivity contribution < 1.29 is 4.79 Å². The van der Waals surface area contributed by atoms with Gasteiger partial charge >= 0.3 is 0 Å². The molecule has 0 saturated carbocycles. The van der Waals surface area contributed by atoms with Gasteiger partial charge < -0.3 is 5.73 Å². The van der Waals surface area contributed by atoms with Crippen LogP contribution in [0.15, 0.2) is 18.3 Å². The van der Waals surface area contributed by atoms with Crippen LogP contribution in [0.25, 0.3) is 5.65 Å².